The highest BCUT2D eigenvalue weighted by atomic mass is 16.6. The van der Waals surface area contributed by atoms with E-state index in [4.69, 9.17) is 4.74 Å². The smallest absolute Gasteiger partial charge is 0.414 e. The minimum absolute atomic E-state index is 0.174. The average Bonchev–Trinajstić information content (AvgIpc) is 3.50. The number of aryl methyl sites for hydroxylation is 2. The molecule has 0 saturated carbocycles. The van der Waals surface area contributed by atoms with Crippen molar-refractivity contribution in [2.45, 2.75) is 25.4 Å². The Balaban J connectivity index is 1.22. The second-order valence-corrected chi connectivity index (χ2v) is 9.49. The van der Waals surface area contributed by atoms with E-state index in [9.17, 15) is 14.4 Å². The van der Waals surface area contributed by atoms with Gasteiger partial charge in [-0.05, 0) is 66.8 Å². The Kier molecular flexibility index (Phi) is 6.21. The fraction of sp³-hybridized carbons (Fsp3) is 0.200. The van der Waals surface area contributed by atoms with Crippen LogP contribution < -0.4 is 10.2 Å². The molecule has 6 rings (SSSR count). The van der Waals surface area contributed by atoms with Crippen LogP contribution >= 0.6 is 0 Å². The van der Waals surface area contributed by atoms with Crippen molar-refractivity contribution >= 4 is 23.6 Å². The Morgan fingerprint density at radius 2 is 1.63 bits per heavy atom. The standard InChI is InChI=1S/C30H26N4O4/c35-28(20-8-3-1-4-9-20)31-18-25-19-33(30(37)38-25)24-14-15-26-22(16-24)12-7-13-23-17-32-34(27(23)26)29(36)21-10-5-2-6-11-21/h1-6,8-11,14-17,25H,7,12-13,18-19H2,(H,31,35)/t25-/m0/s1. The number of benzene rings is 3. The number of anilines is 1. The number of rotatable bonds is 5. The lowest BCUT2D eigenvalue weighted by molar-refractivity contribution is 0.0915. The molecule has 0 spiro atoms. The Morgan fingerprint density at radius 1 is 0.921 bits per heavy atom. The third-order valence-corrected chi connectivity index (χ3v) is 7.01. The summed E-state index contributed by atoms with van der Waals surface area (Å²) < 4.78 is 7.03. The normalized spacial score (nSPS) is 16.3. The summed E-state index contributed by atoms with van der Waals surface area (Å²) in [5.74, 6) is -0.380. The molecule has 2 heterocycles. The molecular formula is C30H26N4O4. The summed E-state index contributed by atoms with van der Waals surface area (Å²) in [6.07, 6.45) is 3.43. The number of amides is 2. The van der Waals surface area contributed by atoms with Crippen LogP contribution in [0.15, 0.2) is 85.1 Å². The van der Waals surface area contributed by atoms with E-state index >= 15 is 0 Å². The maximum Gasteiger partial charge on any atom is 0.414 e. The topological polar surface area (TPSA) is 93.5 Å². The summed E-state index contributed by atoms with van der Waals surface area (Å²) in [4.78, 5) is 40.0. The van der Waals surface area contributed by atoms with E-state index in [1.807, 2.05) is 42.5 Å². The van der Waals surface area contributed by atoms with Crippen LogP contribution in [0, 0.1) is 0 Å². The lowest BCUT2D eigenvalue weighted by Crippen LogP contribution is -2.34. The van der Waals surface area contributed by atoms with Gasteiger partial charge in [-0.1, -0.05) is 42.5 Å². The van der Waals surface area contributed by atoms with Gasteiger partial charge in [0, 0.05) is 22.4 Å². The van der Waals surface area contributed by atoms with Crippen molar-refractivity contribution in [3.8, 4) is 11.3 Å². The summed E-state index contributed by atoms with van der Waals surface area (Å²) in [5.41, 5.74) is 5.71. The molecule has 38 heavy (non-hydrogen) atoms. The summed E-state index contributed by atoms with van der Waals surface area (Å²) in [6.45, 7) is 0.563. The van der Waals surface area contributed by atoms with Gasteiger partial charge in [-0.15, -0.1) is 0 Å². The number of hydrogen-bond donors (Lipinski definition) is 1. The average molecular weight is 507 g/mol. The molecule has 0 bridgehead atoms. The van der Waals surface area contributed by atoms with Crippen LogP contribution in [0.4, 0.5) is 10.5 Å². The molecule has 1 aliphatic heterocycles. The van der Waals surface area contributed by atoms with Gasteiger partial charge in [0.2, 0.25) is 0 Å². The number of nitrogens with zero attached hydrogens (tertiary/aromatic N) is 3. The lowest BCUT2D eigenvalue weighted by Gasteiger charge is -2.17. The molecule has 1 aromatic heterocycles. The van der Waals surface area contributed by atoms with E-state index in [-0.39, 0.29) is 18.4 Å². The molecular weight excluding hydrogens is 480 g/mol. The molecule has 1 N–H and O–H groups in total. The summed E-state index contributed by atoms with van der Waals surface area (Å²) in [7, 11) is 0. The molecule has 1 fully saturated rings. The Morgan fingerprint density at radius 3 is 2.39 bits per heavy atom. The Hall–Kier alpha value is -4.72. The van der Waals surface area contributed by atoms with E-state index in [0.29, 0.717) is 17.7 Å². The molecule has 4 aromatic rings. The predicted molar refractivity (Wildman–Crippen MR) is 142 cm³/mol. The Bertz CT molecular complexity index is 1510. The van der Waals surface area contributed by atoms with Crippen LogP contribution in [0.1, 0.15) is 38.3 Å². The third-order valence-electron chi connectivity index (χ3n) is 7.01. The molecule has 8 nitrogen and oxygen atoms in total. The van der Waals surface area contributed by atoms with Crippen molar-refractivity contribution in [1.29, 1.82) is 0 Å². The highest BCUT2D eigenvalue weighted by Gasteiger charge is 2.33. The molecule has 190 valence electrons. The maximum atomic E-state index is 13.3. The number of hydrogen-bond acceptors (Lipinski definition) is 5. The number of cyclic esters (lactones) is 1. The van der Waals surface area contributed by atoms with E-state index in [0.717, 1.165) is 47.3 Å². The van der Waals surface area contributed by atoms with Crippen molar-refractivity contribution in [3.05, 3.63) is 107 Å². The van der Waals surface area contributed by atoms with Gasteiger partial charge in [0.25, 0.3) is 11.8 Å². The van der Waals surface area contributed by atoms with Crippen LogP contribution in [-0.2, 0) is 17.6 Å². The molecule has 0 unspecified atom stereocenters. The van der Waals surface area contributed by atoms with E-state index < -0.39 is 12.2 Å². The van der Waals surface area contributed by atoms with Gasteiger partial charge >= 0.3 is 6.09 Å². The van der Waals surface area contributed by atoms with Crippen molar-refractivity contribution in [2.24, 2.45) is 0 Å². The summed E-state index contributed by atoms with van der Waals surface area (Å²) in [6, 6.07) is 23.9. The number of aromatic nitrogens is 2. The van der Waals surface area contributed by atoms with Gasteiger partial charge in [-0.2, -0.15) is 9.78 Å². The van der Waals surface area contributed by atoms with Gasteiger partial charge in [0.05, 0.1) is 25.0 Å². The quantitative estimate of drug-likeness (QED) is 0.431. The zero-order valence-electron chi connectivity index (χ0n) is 20.7. The van der Waals surface area contributed by atoms with Gasteiger partial charge in [0.15, 0.2) is 0 Å². The van der Waals surface area contributed by atoms with Crippen molar-refractivity contribution in [2.75, 3.05) is 18.0 Å². The highest BCUT2D eigenvalue weighted by molar-refractivity contribution is 5.98. The molecule has 2 amide bonds. The molecule has 3 aromatic carbocycles. The van der Waals surface area contributed by atoms with Crippen molar-refractivity contribution < 1.29 is 19.1 Å². The molecule has 2 aliphatic rings. The van der Waals surface area contributed by atoms with E-state index in [1.54, 1.807) is 47.5 Å². The second kappa shape index (κ2) is 9.97. The predicted octanol–water partition coefficient (Wildman–Crippen LogP) is 4.48. The van der Waals surface area contributed by atoms with Crippen LogP contribution in [0.2, 0.25) is 0 Å². The highest BCUT2D eigenvalue weighted by Crippen LogP contribution is 2.36. The van der Waals surface area contributed by atoms with E-state index in [1.165, 1.54) is 4.68 Å². The zero-order valence-corrected chi connectivity index (χ0v) is 20.7. The van der Waals surface area contributed by atoms with E-state index in [2.05, 4.69) is 10.4 Å². The van der Waals surface area contributed by atoms with Gasteiger partial charge in [0.1, 0.15) is 6.10 Å². The summed E-state index contributed by atoms with van der Waals surface area (Å²) >= 11 is 0. The lowest BCUT2D eigenvalue weighted by atomic mass is 10.0. The minimum atomic E-state index is -0.453. The fourth-order valence-corrected chi connectivity index (χ4v) is 5.10. The largest absolute Gasteiger partial charge is 0.442 e. The number of nitrogens with one attached hydrogen (secondary N) is 1. The van der Waals surface area contributed by atoms with Gasteiger partial charge in [-0.3, -0.25) is 14.5 Å². The fourth-order valence-electron chi connectivity index (χ4n) is 5.10. The van der Waals surface area contributed by atoms with Crippen LogP contribution in [0.3, 0.4) is 0 Å². The molecule has 1 atom stereocenters. The first-order valence-corrected chi connectivity index (χ1v) is 12.7. The second-order valence-electron chi connectivity index (χ2n) is 9.49. The summed E-state index contributed by atoms with van der Waals surface area (Å²) in [5, 5.41) is 7.29. The zero-order chi connectivity index (χ0) is 26.1. The molecule has 1 saturated heterocycles. The molecule has 0 radical (unpaired) electrons. The Labute approximate surface area is 219 Å². The number of carbonyl (C=O) groups excluding carboxylic acids is 3. The third kappa shape index (κ3) is 4.45. The first-order valence-electron chi connectivity index (χ1n) is 12.7. The van der Waals surface area contributed by atoms with Crippen LogP contribution in [-0.4, -0.2) is 46.9 Å². The minimum Gasteiger partial charge on any atom is -0.442 e. The number of carbonyl (C=O) groups is 3. The SMILES string of the molecule is O=C(NC[C@H]1CN(c2ccc3c(c2)CCCc2cnn(C(=O)c4ccccc4)c2-3)C(=O)O1)c1ccccc1. The van der Waals surface area contributed by atoms with Crippen molar-refractivity contribution in [1.82, 2.24) is 15.1 Å². The van der Waals surface area contributed by atoms with Crippen LogP contribution in [0.25, 0.3) is 11.3 Å². The van der Waals surface area contributed by atoms with Gasteiger partial charge < -0.3 is 10.1 Å². The first kappa shape index (κ1) is 23.7. The van der Waals surface area contributed by atoms with Gasteiger partial charge in [-0.25, -0.2) is 4.79 Å². The monoisotopic (exact) mass is 506 g/mol. The maximum absolute atomic E-state index is 13.3. The number of fused-ring (bicyclic) bond motifs is 3. The van der Waals surface area contributed by atoms with Crippen molar-refractivity contribution in [3.63, 3.8) is 0 Å². The molecule has 8 heteroatoms. The van der Waals surface area contributed by atoms with Crippen LogP contribution in [0.5, 0.6) is 0 Å². The molecule has 1 aliphatic carbocycles. The number of ether oxygens (including phenoxy) is 1. The first-order chi connectivity index (χ1) is 18.6.